The molecule has 160 valence electrons. The molecule has 4 rings (SSSR count). The lowest BCUT2D eigenvalue weighted by molar-refractivity contribution is 0.0989. The molecule has 1 aliphatic rings. The van der Waals surface area contributed by atoms with Crippen LogP contribution < -0.4 is 9.64 Å². The summed E-state index contributed by atoms with van der Waals surface area (Å²) in [6.45, 7) is 3.70. The third-order valence-electron chi connectivity index (χ3n) is 5.53. The van der Waals surface area contributed by atoms with Crippen molar-refractivity contribution in [2.75, 3.05) is 25.1 Å². The maximum absolute atomic E-state index is 13.6. The van der Waals surface area contributed by atoms with E-state index >= 15 is 0 Å². The van der Waals surface area contributed by atoms with E-state index in [2.05, 4.69) is 27.2 Å². The van der Waals surface area contributed by atoms with Crippen LogP contribution in [0.4, 0.5) is 10.3 Å². The summed E-state index contributed by atoms with van der Waals surface area (Å²) in [5.41, 5.74) is 4.77. The molecule has 7 nitrogen and oxygen atoms in total. The number of aromatic nitrogens is 4. The van der Waals surface area contributed by atoms with E-state index in [1.165, 1.54) is 41.3 Å². The minimum Gasteiger partial charge on any atom is -0.496 e. The molecule has 0 atom stereocenters. The molecule has 3 aromatic rings. The lowest BCUT2D eigenvalue weighted by atomic mass is 9.93. The molecule has 0 aliphatic carbocycles. The minimum atomic E-state index is -0.457. The molecule has 0 bridgehead atoms. The van der Waals surface area contributed by atoms with Crippen LogP contribution in [0, 0.1) is 5.82 Å². The summed E-state index contributed by atoms with van der Waals surface area (Å²) in [6.07, 6.45) is 1.10. The SMILES string of the molecule is COc1ccc(F)cc1C(=O)Cc1ccc(C2=C(C)CCN(c3nnn(C)n3)C2)cc1. The summed E-state index contributed by atoms with van der Waals surface area (Å²) in [4.78, 5) is 16.3. The van der Waals surface area contributed by atoms with E-state index in [9.17, 15) is 9.18 Å². The summed E-state index contributed by atoms with van der Waals surface area (Å²) in [5.74, 6) is 0.362. The Morgan fingerprint density at radius 3 is 2.65 bits per heavy atom. The molecule has 31 heavy (non-hydrogen) atoms. The number of tetrazole rings is 1. The Kier molecular flexibility index (Phi) is 5.79. The molecule has 0 saturated heterocycles. The fourth-order valence-electron chi connectivity index (χ4n) is 3.77. The summed E-state index contributed by atoms with van der Waals surface area (Å²) in [7, 11) is 3.22. The highest BCUT2D eigenvalue weighted by Crippen LogP contribution is 2.28. The summed E-state index contributed by atoms with van der Waals surface area (Å²) < 4.78 is 18.8. The van der Waals surface area contributed by atoms with Gasteiger partial charge in [0.05, 0.1) is 19.7 Å². The van der Waals surface area contributed by atoms with Crippen LogP contribution in [0.25, 0.3) is 5.57 Å². The Hall–Kier alpha value is -3.55. The van der Waals surface area contributed by atoms with Crippen molar-refractivity contribution in [3.63, 3.8) is 0 Å². The predicted molar refractivity (Wildman–Crippen MR) is 116 cm³/mol. The highest BCUT2D eigenvalue weighted by Gasteiger charge is 2.21. The van der Waals surface area contributed by atoms with E-state index in [-0.39, 0.29) is 17.8 Å². The normalized spacial score (nSPS) is 14.1. The van der Waals surface area contributed by atoms with Gasteiger partial charge in [0.2, 0.25) is 0 Å². The third-order valence-corrected chi connectivity index (χ3v) is 5.53. The largest absolute Gasteiger partial charge is 0.496 e. The van der Waals surface area contributed by atoms with Gasteiger partial charge in [-0.1, -0.05) is 34.9 Å². The molecule has 0 radical (unpaired) electrons. The van der Waals surface area contributed by atoms with E-state index in [1.807, 2.05) is 24.3 Å². The number of rotatable bonds is 6. The number of hydrogen-bond acceptors (Lipinski definition) is 6. The van der Waals surface area contributed by atoms with Crippen LogP contribution in [0.15, 0.2) is 48.0 Å². The molecular weight excluding hydrogens is 397 g/mol. The zero-order chi connectivity index (χ0) is 22.0. The first kappa shape index (κ1) is 20.7. The molecule has 0 spiro atoms. The number of carbonyl (C=O) groups excluding carboxylic acids is 1. The summed E-state index contributed by atoms with van der Waals surface area (Å²) in [6, 6.07) is 11.9. The number of carbonyl (C=O) groups is 1. The van der Waals surface area contributed by atoms with Gasteiger partial charge in [0.1, 0.15) is 11.6 Å². The Morgan fingerprint density at radius 1 is 1.19 bits per heavy atom. The number of aryl methyl sites for hydroxylation is 1. The number of benzene rings is 2. The number of Topliss-reactive ketones (excluding diaryl/α,β-unsaturated/α-hetero) is 1. The second-order valence-corrected chi connectivity index (χ2v) is 7.65. The summed E-state index contributed by atoms with van der Waals surface area (Å²) >= 11 is 0. The first-order chi connectivity index (χ1) is 14.9. The second kappa shape index (κ2) is 8.67. The second-order valence-electron chi connectivity index (χ2n) is 7.65. The number of hydrogen-bond donors (Lipinski definition) is 0. The first-order valence-electron chi connectivity index (χ1n) is 10.1. The van der Waals surface area contributed by atoms with Crippen LogP contribution in [0.1, 0.15) is 34.8 Å². The van der Waals surface area contributed by atoms with E-state index in [0.717, 1.165) is 24.1 Å². The lowest BCUT2D eigenvalue weighted by Gasteiger charge is -2.29. The number of ketones is 1. The number of anilines is 1. The molecule has 1 aromatic heterocycles. The molecule has 2 aromatic carbocycles. The van der Waals surface area contributed by atoms with Gasteiger partial charge < -0.3 is 9.64 Å². The minimum absolute atomic E-state index is 0.174. The lowest BCUT2D eigenvalue weighted by Crippen LogP contribution is -2.31. The third kappa shape index (κ3) is 4.47. The molecule has 0 amide bonds. The smallest absolute Gasteiger partial charge is 0.266 e. The van der Waals surface area contributed by atoms with Gasteiger partial charge >= 0.3 is 0 Å². The predicted octanol–water partition coefficient (Wildman–Crippen LogP) is 3.47. The number of ether oxygens (including phenoxy) is 1. The topological polar surface area (TPSA) is 73.1 Å². The highest BCUT2D eigenvalue weighted by molar-refractivity contribution is 6.00. The van der Waals surface area contributed by atoms with Gasteiger partial charge in [0, 0.05) is 19.5 Å². The molecule has 0 fully saturated rings. The van der Waals surface area contributed by atoms with Crippen molar-refractivity contribution in [2.24, 2.45) is 7.05 Å². The average molecular weight is 421 g/mol. The van der Waals surface area contributed by atoms with Crippen molar-refractivity contribution in [3.05, 3.63) is 70.5 Å². The van der Waals surface area contributed by atoms with E-state index in [4.69, 9.17) is 4.74 Å². The van der Waals surface area contributed by atoms with Crippen LogP contribution in [0.2, 0.25) is 0 Å². The summed E-state index contributed by atoms with van der Waals surface area (Å²) in [5, 5.41) is 12.3. The standard InChI is InChI=1S/C23H24FN5O2/c1-15-10-11-29(23-25-27-28(2)26-23)14-20(15)17-6-4-16(5-7-17)12-21(30)19-13-18(24)8-9-22(19)31-3/h4-9,13H,10-12,14H2,1-3H3. The van der Waals surface area contributed by atoms with Crippen molar-refractivity contribution < 1.29 is 13.9 Å². The van der Waals surface area contributed by atoms with Crippen molar-refractivity contribution in [2.45, 2.75) is 19.8 Å². The Bertz CT molecular complexity index is 1140. The van der Waals surface area contributed by atoms with Gasteiger partial charge in [0.15, 0.2) is 5.78 Å². The number of nitrogens with zero attached hydrogens (tertiary/aromatic N) is 5. The van der Waals surface area contributed by atoms with E-state index in [0.29, 0.717) is 18.2 Å². The number of halogens is 1. The van der Waals surface area contributed by atoms with Crippen molar-refractivity contribution in [3.8, 4) is 5.75 Å². The molecule has 0 unspecified atom stereocenters. The van der Waals surface area contributed by atoms with E-state index < -0.39 is 5.82 Å². The maximum Gasteiger partial charge on any atom is 0.266 e. The van der Waals surface area contributed by atoms with Crippen molar-refractivity contribution >= 4 is 17.3 Å². The van der Waals surface area contributed by atoms with Crippen molar-refractivity contribution in [1.29, 1.82) is 0 Å². The Balaban J connectivity index is 1.50. The molecule has 0 saturated carbocycles. The van der Waals surface area contributed by atoms with E-state index in [1.54, 1.807) is 7.05 Å². The first-order valence-corrected chi connectivity index (χ1v) is 10.1. The van der Waals surface area contributed by atoms with Crippen molar-refractivity contribution in [1.82, 2.24) is 20.2 Å². The average Bonchev–Trinajstić information content (AvgIpc) is 3.21. The molecule has 2 heterocycles. The maximum atomic E-state index is 13.6. The molecular formula is C23H24FN5O2. The fraction of sp³-hybridized carbons (Fsp3) is 0.304. The van der Waals surface area contributed by atoms with Gasteiger partial charge in [-0.05, 0) is 53.5 Å². The van der Waals surface area contributed by atoms with Crippen LogP contribution in [-0.4, -0.2) is 46.2 Å². The van der Waals surface area contributed by atoms with Gasteiger partial charge in [-0.2, -0.15) is 4.80 Å². The Morgan fingerprint density at radius 2 is 1.97 bits per heavy atom. The van der Waals surface area contributed by atoms with Crippen LogP contribution in [0.5, 0.6) is 5.75 Å². The quantitative estimate of drug-likeness (QED) is 0.568. The van der Waals surface area contributed by atoms with Gasteiger partial charge in [0.25, 0.3) is 5.95 Å². The Labute approximate surface area is 180 Å². The fourth-order valence-corrected chi connectivity index (χ4v) is 3.77. The molecule has 8 heteroatoms. The zero-order valence-corrected chi connectivity index (χ0v) is 17.8. The number of methoxy groups -OCH3 is 1. The van der Waals surface area contributed by atoms with Gasteiger partial charge in [-0.25, -0.2) is 4.39 Å². The van der Waals surface area contributed by atoms with Crippen LogP contribution in [-0.2, 0) is 13.5 Å². The van der Waals surface area contributed by atoms with Crippen LogP contribution in [0.3, 0.4) is 0 Å². The van der Waals surface area contributed by atoms with Crippen LogP contribution >= 0.6 is 0 Å². The van der Waals surface area contributed by atoms with Gasteiger partial charge in [-0.3, -0.25) is 4.79 Å². The monoisotopic (exact) mass is 421 g/mol. The zero-order valence-electron chi connectivity index (χ0n) is 17.8. The molecule has 1 aliphatic heterocycles. The highest BCUT2D eigenvalue weighted by atomic mass is 19.1. The van der Waals surface area contributed by atoms with Gasteiger partial charge in [-0.15, -0.1) is 5.10 Å². The molecule has 0 N–H and O–H groups in total.